The van der Waals surface area contributed by atoms with Gasteiger partial charge in [-0.15, -0.1) is 0 Å². The molecule has 0 fully saturated rings. The summed E-state index contributed by atoms with van der Waals surface area (Å²) < 4.78 is 0.918. The number of nitrogens with zero attached hydrogens (tertiary/aromatic N) is 2. The average Bonchev–Trinajstić information content (AvgIpc) is 3.02. The maximum absolute atomic E-state index is 11.4. The van der Waals surface area contributed by atoms with E-state index in [9.17, 15) is 4.79 Å². The molecule has 0 amide bonds. The number of H-pyrrole nitrogens is 2. The SMILES string of the molecule is Cc1c[nH]c2ncnc(Nc3ccc4[nH]c(=O)sc4c3)c12. The normalized spacial score (nSPS) is 11.3. The Morgan fingerprint density at radius 2 is 2.19 bits per heavy atom. The lowest BCUT2D eigenvalue weighted by atomic mass is 10.2. The lowest BCUT2D eigenvalue weighted by Gasteiger charge is -2.07. The van der Waals surface area contributed by atoms with Gasteiger partial charge >= 0.3 is 4.87 Å². The maximum atomic E-state index is 11.4. The Morgan fingerprint density at radius 3 is 3.10 bits per heavy atom. The van der Waals surface area contributed by atoms with Gasteiger partial charge in [-0.1, -0.05) is 11.3 Å². The number of aryl methyl sites for hydroxylation is 1. The van der Waals surface area contributed by atoms with Crippen LogP contribution in [0.3, 0.4) is 0 Å². The van der Waals surface area contributed by atoms with Crippen LogP contribution in [0.2, 0.25) is 0 Å². The van der Waals surface area contributed by atoms with Crippen LogP contribution in [0.1, 0.15) is 5.56 Å². The van der Waals surface area contributed by atoms with Gasteiger partial charge in [0.25, 0.3) is 0 Å². The summed E-state index contributed by atoms with van der Waals surface area (Å²) in [5.41, 5.74) is 3.62. The number of hydrogen-bond acceptors (Lipinski definition) is 5. The van der Waals surface area contributed by atoms with E-state index in [0.29, 0.717) is 0 Å². The van der Waals surface area contributed by atoms with Gasteiger partial charge in [-0.2, -0.15) is 0 Å². The van der Waals surface area contributed by atoms with Crippen molar-refractivity contribution in [1.29, 1.82) is 0 Å². The Bertz CT molecular complexity index is 1010. The summed E-state index contributed by atoms with van der Waals surface area (Å²) in [6.45, 7) is 2.01. The highest BCUT2D eigenvalue weighted by Gasteiger charge is 2.09. The zero-order valence-corrected chi connectivity index (χ0v) is 11.9. The first kappa shape index (κ1) is 12.1. The number of aromatic amines is 2. The number of fused-ring (bicyclic) bond motifs is 2. The number of benzene rings is 1. The molecule has 4 aromatic rings. The minimum Gasteiger partial charge on any atom is -0.346 e. The van der Waals surface area contributed by atoms with Crippen LogP contribution in [0.4, 0.5) is 11.5 Å². The van der Waals surface area contributed by atoms with Crippen LogP contribution in [-0.4, -0.2) is 19.9 Å². The van der Waals surface area contributed by atoms with Crippen LogP contribution < -0.4 is 10.2 Å². The van der Waals surface area contributed by atoms with Crippen molar-refractivity contribution in [3.05, 3.63) is 46.0 Å². The first-order chi connectivity index (χ1) is 10.2. The van der Waals surface area contributed by atoms with Gasteiger partial charge in [0.2, 0.25) is 0 Å². The van der Waals surface area contributed by atoms with Gasteiger partial charge in [0.05, 0.1) is 15.6 Å². The molecular weight excluding hydrogens is 286 g/mol. The molecule has 0 radical (unpaired) electrons. The Hall–Kier alpha value is -2.67. The van der Waals surface area contributed by atoms with Gasteiger partial charge in [0.1, 0.15) is 17.8 Å². The van der Waals surface area contributed by atoms with Crippen molar-refractivity contribution < 1.29 is 0 Å². The van der Waals surface area contributed by atoms with E-state index < -0.39 is 0 Å². The molecule has 21 heavy (non-hydrogen) atoms. The molecule has 0 saturated heterocycles. The largest absolute Gasteiger partial charge is 0.346 e. The van der Waals surface area contributed by atoms with Crippen molar-refractivity contribution in [3.63, 3.8) is 0 Å². The van der Waals surface area contributed by atoms with E-state index in [4.69, 9.17) is 0 Å². The fourth-order valence-corrected chi connectivity index (χ4v) is 3.15. The predicted molar refractivity (Wildman–Crippen MR) is 84.4 cm³/mol. The molecule has 0 aliphatic rings. The van der Waals surface area contributed by atoms with Gasteiger partial charge in [-0.3, -0.25) is 4.79 Å². The lowest BCUT2D eigenvalue weighted by molar-refractivity contribution is 1.20. The van der Waals surface area contributed by atoms with Crippen molar-refractivity contribution in [3.8, 4) is 0 Å². The van der Waals surface area contributed by atoms with E-state index in [-0.39, 0.29) is 4.87 Å². The number of hydrogen-bond donors (Lipinski definition) is 3. The summed E-state index contributed by atoms with van der Waals surface area (Å²) in [6.07, 6.45) is 3.43. The number of anilines is 2. The number of thiazole rings is 1. The fraction of sp³-hybridized carbons (Fsp3) is 0.0714. The Morgan fingerprint density at radius 1 is 1.29 bits per heavy atom. The molecular formula is C14H11N5OS. The Labute approximate surface area is 122 Å². The summed E-state index contributed by atoms with van der Waals surface area (Å²) in [4.78, 5) is 25.7. The maximum Gasteiger partial charge on any atom is 0.305 e. The molecule has 7 heteroatoms. The monoisotopic (exact) mass is 297 g/mol. The van der Waals surface area contributed by atoms with Crippen LogP contribution in [0, 0.1) is 6.92 Å². The van der Waals surface area contributed by atoms with Crippen LogP contribution in [-0.2, 0) is 0 Å². The van der Waals surface area contributed by atoms with Crippen LogP contribution >= 0.6 is 11.3 Å². The van der Waals surface area contributed by atoms with Gasteiger partial charge in [-0.25, -0.2) is 9.97 Å². The average molecular weight is 297 g/mol. The molecule has 0 unspecified atom stereocenters. The topological polar surface area (TPSA) is 86.5 Å². The highest BCUT2D eigenvalue weighted by molar-refractivity contribution is 7.16. The van der Waals surface area contributed by atoms with Crippen molar-refractivity contribution in [2.45, 2.75) is 6.92 Å². The van der Waals surface area contributed by atoms with Crippen LogP contribution in [0.15, 0.2) is 35.5 Å². The van der Waals surface area contributed by atoms with Crippen molar-refractivity contribution >= 4 is 44.1 Å². The molecule has 3 N–H and O–H groups in total. The summed E-state index contributed by atoms with van der Waals surface area (Å²) in [5.74, 6) is 0.751. The minimum atomic E-state index is -0.0481. The number of nitrogens with one attached hydrogen (secondary N) is 3. The van der Waals surface area contributed by atoms with E-state index in [1.54, 1.807) is 0 Å². The molecule has 104 valence electrons. The third-order valence-corrected chi connectivity index (χ3v) is 4.20. The van der Waals surface area contributed by atoms with Crippen molar-refractivity contribution in [1.82, 2.24) is 19.9 Å². The zero-order valence-electron chi connectivity index (χ0n) is 11.1. The van der Waals surface area contributed by atoms with E-state index in [0.717, 1.165) is 38.3 Å². The molecule has 0 saturated carbocycles. The standard InChI is InChI=1S/C14H11N5OS/c1-7-5-15-12-11(7)13(17-6-16-12)18-8-2-3-9-10(4-8)21-14(20)19-9/h2-6H,1H3,(H,19,20)(H2,15,16,17,18). The molecule has 1 aromatic carbocycles. The highest BCUT2D eigenvalue weighted by Crippen LogP contribution is 2.27. The third-order valence-electron chi connectivity index (χ3n) is 3.35. The van der Waals surface area contributed by atoms with Crippen LogP contribution in [0.5, 0.6) is 0 Å². The van der Waals surface area contributed by atoms with E-state index >= 15 is 0 Å². The molecule has 0 bridgehead atoms. The second-order valence-electron chi connectivity index (χ2n) is 4.77. The minimum absolute atomic E-state index is 0.0481. The van der Waals surface area contributed by atoms with E-state index in [1.807, 2.05) is 31.3 Å². The van der Waals surface area contributed by atoms with Gasteiger partial charge in [-0.05, 0) is 30.7 Å². The Kier molecular flexibility index (Phi) is 2.55. The predicted octanol–water partition coefficient (Wildman–Crippen LogP) is 2.91. The zero-order chi connectivity index (χ0) is 14.4. The van der Waals surface area contributed by atoms with Crippen molar-refractivity contribution in [2.75, 3.05) is 5.32 Å². The second kappa shape index (κ2) is 4.42. The molecule has 0 aliphatic heterocycles. The number of aromatic nitrogens is 4. The molecule has 0 aliphatic carbocycles. The quantitative estimate of drug-likeness (QED) is 0.531. The highest BCUT2D eigenvalue weighted by atomic mass is 32.1. The molecule has 0 atom stereocenters. The summed E-state index contributed by atoms with van der Waals surface area (Å²) >= 11 is 1.20. The molecule has 6 nitrogen and oxygen atoms in total. The summed E-state index contributed by atoms with van der Waals surface area (Å²) in [6, 6.07) is 5.74. The fourth-order valence-electron chi connectivity index (χ4n) is 2.37. The van der Waals surface area contributed by atoms with Gasteiger partial charge in [0.15, 0.2) is 0 Å². The molecule has 3 aromatic heterocycles. The van der Waals surface area contributed by atoms with Crippen molar-refractivity contribution in [2.24, 2.45) is 0 Å². The molecule has 0 spiro atoms. The summed E-state index contributed by atoms with van der Waals surface area (Å²) in [5, 5.41) is 4.27. The van der Waals surface area contributed by atoms with Gasteiger partial charge < -0.3 is 15.3 Å². The van der Waals surface area contributed by atoms with Crippen LogP contribution in [0.25, 0.3) is 21.3 Å². The first-order valence-corrected chi connectivity index (χ1v) is 7.21. The molecule has 3 heterocycles. The van der Waals surface area contributed by atoms with Gasteiger partial charge in [0, 0.05) is 11.9 Å². The second-order valence-corrected chi connectivity index (χ2v) is 5.78. The van der Waals surface area contributed by atoms with E-state index in [1.165, 1.54) is 17.7 Å². The molecule has 4 rings (SSSR count). The third kappa shape index (κ3) is 1.98. The summed E-state index contributed by atoms with van der Waals surface area (Å²) in [7, 11) is 0. The Balaban J connectivity index is 1.82. The lowest BCUT2D eigenvalue weighted by Crippen LogP contribution is -1.95. The smallest absolute Gasteiger partial charge is 0.305 e. The first-order valence-electron chi connectivity index (χ1n) is 6.39. The number of rotatable bonds is 2. The van der Waals surface area contributed by atoms with E-state index in [2.05, 4.69) is 25.3 Å².